The summed E-state index contributed by atoms with van der Waals surface area (Å²) in [6, 6.07) is 8.48. The van der Waals surface area contributed by atoms with Gasteiger partial charge in [-0.15, -0.1) is 11.3 Å². The summed E-state index contributed by atoms with van der Waals surface area (Å²) < 4.78 is 10.2. The average Bonchev–Trinajstić information content (AvgIpc) is 3.07. The number of alkyl carbamates (subject to hydrolysis) is 1. The zero-order valence-electron chi connectivity index (χ0n) is 17.6. The van der Waals surface area contributed by atoms with Crippen molar-refractivity contribution in [3.05, 3.63) is 47.0 Å². The van der Waals surface area contributed by atoms with Crippen LogP contribution in [0.15, 0.2) is 35.7 Å². The number of ether oxygens (including phenoxy) is 2. The minimum absolute atomic E-state index is 0.0316. The maximum Gasteiger partial charge on any atom is 0.408 e. The van der Waals surface area contributed by atoms with Crippen molar-refractivity contribution in [1.82, 2.24) is 10.3 Å². The summed E-state index contributed by atoms with van der Waals surface area (Å²) >= 11 is 1.20. The third-order valence-corrected chi connectivity index (χ3v) is 4.51. The van der Waals surface area contributed by atoms with E-state index in [0.717, 1.165) is 5.56 Å². The van der Waals surface area contributed by atoms with Crippen LogP contribution in [0.5, 0.6) is 0 Å². The van der Waals surface area contributed by atoms with Crippen LogP contribution in [-0.4, -0.2) is 41.2 Å². The molecule has 0 spiro atoms. The Morgan fingerprint density at radius 2 is 1.87 bits per heavy atom. The molecule has 1 aromatic heterocycles. The van der Waals surface area contributed by atoms with Crippen molar-refractivity contribution in [2.24, 2.45) is 0 Å². The molecule has 8 nitrogen and oxygen atoms in total. The Labute approximate surface area is 180 Å². The van der Waals surface area contributed by atoms with E-state index in [-0.39, 0.29) is 18.8 Å². The van der Waals surface area contributed by atoms with Gasteiger partial charge in [-0.1, -0.05) is 30.3 Å². The Morgan fingerprint density at radius 3 is 2.50 bits per heavy atom. The largest absolute Gasteiger partial charge is 0.466 e. The Morgan fingerprint density at radius 1 is 1.17 bits per heavy atom. The van der Waals surface area contributed by atoms with E-state index in [1.807, 2.05) is 30.3 Å². The summed E-state index contributed by atoms with van der Waals surface area (Å²) in [5.74, 6) is -0.809. The fraction of sp³-hybridized carbons (Fsp3) is 0.429. The summed E-state index contributed by atoms with van der Waals surface area (Å²) in [5.41, 5.74) is 0.708. The lowest BCUT2D eigenvalue weighted by Gasteiger charge is -2.23. The third-order valence-electron chi connectivity index (χ3n) is 3.70. The van der Waals surface area contributed by atoms with Crippen LogP contribution in [0, 0.1) is 0 Å². The first kappa shape index (κ1) is 23.3. The molecule has 2 N–H and O–H groups in total. The summed E-state index contributed by atoms with van der Waals surface area (Å²) in [6.07, 6.45) is -0.364. The van der Waals surface area contributed by atoms with Crippen LogP contribution < -0.4 is 10.6 Å². The summed E-state index contributed by atoms with van der Waals surface area (Å²) in [5, 5.41) is 7.35. The van der Waals surface area contributed by atoms with Crippen molar-refractivity contribution in [2.45, 2.75) is 52.2 Å². The lowest BCUT2D eigenvalue weighted by atomic mass is 10.1. The number of anilines is 1. The van der Waals surface area contributed by atoms with E-state index >= 15 is 0 Å². The number of thiazole rings is 1. The van der Waals surface area contributed by atoms with Gasteiger partial charge in [-0.2, -0.15) is 0 Å². The van der Waals surface area contributed by atoms with Crippen LogP contribution in [0.1, 0.15) is 39.0 Å². The van der Waals surface area contributed by atoms with Gasteiger partial charge in [0.05, 0.1) is 18.7 Å². The predicted molar refractivity (Wildman–Crippen MR) is 114 cm³/mol. The highest BCUT2D eigenvalue weighted by atomic mass is 32.1. The molecule has 9 heteroatoms. The second-order valence-electron chi connectivity index (χ2n) is 7.50. The monoisotopic (exact) mass is 433 g/mol. The van der Waals surface area contributed by atoms with Crippen LogP contribution in [0.4, 0.5) is 9.93 Å². The normalized spacial score (nSPS) is 12.0. The fourth-order valence-electron chi connectivity index (χ4n) is 2.51. The third kappa shape index (κ3) is 8.20. The molecule has 30 heavy (non-hydrogen) atoms. The van der Waals surface area contributed by atoms with Crippen LogP contribution >= 0.6 is 11.3 Å². The molecule has 0 unspecified atom stereocenters. The van der Waals surface area contributed by atoms with Crippen molar-refractivity contribution >= 4 is 34.4 Å². The number of carbonyl (C=O) groups is 3. The lowest BCUT2D eigenvalue weighted by Crippen LogP contribution is -2.47. The molecule has 1 aromatic carbocycles. The zero-order valence-corrected chi connectivity index (χ0v) is 18.4. The van der Waals surface area contributed by atoms with E-state index in [0.29, 0.717) is 17.4 Å². The minimum atomic E-state index is -0.861. The van der Waals surface area contributed by atoms with Gasteiger partial charge < -0.3 is 20.1 Å². The molecular weight excluding hydrogens is 406 g/mol. The average molecular weight is 434 g/mol. The molecular formula is C21H27N3O5S. The number of carbonyl (C=O) groups excluding carboxylic acids is 3. The summed E-state index contributed by atoms with van der Waals surface area (Å²) in [6.45, 7) is 7.28. The van der Waals surface area contributed by atoms with E-state index in [2.05, 4.69) is 15.6 Å². The van der Waals surface area contributed by atoms with Crippen molar-refractivity contribution in [3.8, 4) is 0 Å². The minimum Gasteiger partial charge on any atom is -0.466 e. The Balaban J connectivity index is 2.07. The van der Waals surface area contributed by atoms with Gasteiger partial charge in [-0.3, -0.25) is 9.59 Å². The van der Waals surface area contributed by atoms with Crippen LogP contribution in [0.2, 0.25) is 0 Å². The highest BCUT2D eigenvalue weighted by molar-refractivity contribution is 7.13. The molecule has 1 heterocycles. The SMILES string of the molecule is CCOC(=O)Cc1csc(NC(=O)[C@H](Cc2ccccc2)NC(=O)OC(C)(C)C)n1. The predicted octanol–water partition coefficient (Wildman–Crippen LogP) is 3.32. The summed E-state index contributed by atoms with van der Waals surface area (Å²) in [4.78, 5) is 40.9. The van der Waals surface area contributed by atoms with Gasteiger partial charge in [0.25, 0.3) is 0 Å². The van der Waals surface area contributed by atoms with Crippen LogP contribution in [0.3, 0.4) is 0 Å². The van der Waals surface area contributed by atoms with E-state index in [1.54, 1.807) is 33.1 Å². The van der Waals surface area contributed by atoms with Gasteiger partial charge in [0.15, 0.2) is 5.13 Å². The van der Waals surface area contributed by atoms with Gasteiger partial charge in [0.2, 0.25) is 5.91 Å². The highest BCUT2D eigenvalue weighted by Crippen LogP contribution is 2.17. The van der Waals surface area contributed by atoms with Gasteiger partial charge >= 0.3 is 12.1 Å². The van der Waals surface area contributed by atoms with Crippen molar-refractivity contribution < 1.29 is 23.9 Å². The van der Waals surface area contributed by atoms with Crippen molar-refractivity contribution in [3.63, 3.8) is 0 Å². The van der Waals surface area contributed by atoms with E-state index < -0.39 is 23.6 Å². The lowest BCUT2D eigenvalue weighted by molar-refractivity contribution is -0.142. The number of benzene rings is 1. The topological polar surface area (TPSA) is 107 Å². The molecule has 0 aliphatic rings. The molecule has 0 aliphatic carbocycles. The molecule has 0 fully saturated rings. The smallest absolute Gasteiger partial charge is 0.408 e. The first-order valence-corrected chi connectivity index (χ1v) is 10.5. The number of rotatable bonds is 8. The maximum absolute atomic E-state index is 12.8. The number of hydrogen-bond acceptors (Lipinski definition) is 7. The fourth-order valence-corrected chi connectivity index (χ4v) is 3.22. The Bertz CT molecular complexity index is 861. The molecule has 2 aromatic rings. The molecule has 1 atom stereocenters. The van der Waals surface area contributed by atoms with Gasteiger partial charge in [-0.25, -0.2) is 9.78 Å². The Kier molecular flexibility index (Phi) is 8.35. The Hall–Kier alpha value is -2.94. The molecule has 0 saturated carbocycles. The summed E-state index contributed by atoms with van der Waals surface area (Å²) in [7, 11) is 0. The number of esters is 1. The molecule has 0 saturated heterocycles. The molecule has 2 rings (SSSR count). The molecule has 162 valence electrons. The number of aromatic nitrogens is 1. The van der Waals surface area contributed by atoms with E-state index in [9.17, 15) is 14.4 Å². The van der Waals surface area contributed by atoms with E-state index in [1.165, 1.54) is 11.3 Å². The number of nitrogens with zero attached hydrogens (tertiary/aromatic N) is 1. The molecule has 2 amide bonds. The van der Waals surface area contributed by atoms with E-state index in [4.69, 9.17) is 9.47 Å². The van der Waals surface area contributed by atoms with Crippen molar-refractivity contribution in [2.75, 3.05) is 11.9 Å². The first-order valence-electron chi connectivity index (χ1n) is 9.60. The van der Waals surface area contributed by atoms with Gasteiger partial charge in [0, 0.05) is 11.8 Å². The van der Waals surface area contributed by atoms with Crippen LogP contribution in [0.25, 0.3) is 0 Å². The second kappa shape index (κ2) is 10.7. The van der Waals surface area contributed by atoms with Gasteiger partial charge in [-0.05, 0) is 33.3 Å². The van der Waals surface area contributed by atoms with Crippen molar-refractivity contribution in [1.29, 1.82) is 0 Å². The number of hydrogen-bond donors (Lipinski definition) is 2. The van der Waals surface area contributed by atoms with Gasteiger partial charge in [0.1, 0.15) is 11.6 Å². The molecule has 0 aliphatic heterocycles. The zero-order chi connectivity index (χ0) is 22.1. The van der Waals surface area contributed by atoms with Crippen LogP contribution in [-0.2, 0) is 31.9 Å². The number of nitrogens with one attached hydrogen (secondary N) is 2. The second-order valence-corrected chi connectivity index (χ2v) is 8.36. The quantitative estimate of drug-likeness (QED) is 0.619. The first-order chi connectivity index (χ1) is 14.2. The maximum atomic E-state index is 12.8. The standard InChI is InChI=1S/C21H27N3O5S/c1-5-28-17(25)12-15-13-30-19(22-15)24-18(26)16(11-14-9-7-6-8-10-14)23-20(27)29-21(2,3)4/h6-10,13,16H,5,11-12H2,1-4H3,(H,23,27)(H,22,24,26)/t16-/m0/s1. The molecule has 0 bridgehead atoms. The number of amides is 2. The highest BCUT2D eigenvalue weighted by Gasteiger charge is 2.25. The molecule has 0 radical (unpaired) electrons.